The number of carbonyl (C=O) groups excluding carboxylic acids is 2. The third-order valence-corrected chi connectivity index (χ3v) is 1.95. The number of amides is 2. The van der Waals surface area contributed by atoms with Gasteiger partial charge in [-0.15, -0.1) is 0 Å². The molecule has 5 heteroatoms. The zero-order chi connectivity index (χ0) is 13.3. The molecule has 0 aliphatic rings. The van der Waals surface area contributed by atoms with Gasteiger partial charge in [0.15, 0.2) is 0 Å². The molecular weight excluding hydrogens is 218 g/mol. The largest absolute Gasteiger partial charge is 0.351 e. The van der Waals surface area contributed by atoms with Crippen LogP contribution in [-0.4, -0.2) is 38.0 Å². The topological polar surface area (TPSA) is 70.2 Å². The van der Waals surface area contributed by atoms with E-state index in [1.54, 1.807) is 13.8 Å². The summed E-state index contributed by atoms with van der Waals surface area (Å²) in [7, 11) is 0. The van der Waals surface area contributed by atoms with Crippen LogP contribution in [0.1, 0.15) is 18.1 Å². The van der Waals surface area contributed by atoms with Crippen molar-refractivity contribution in [1.29, 1.82) is 0 Å². The van der Waals surface area contributed by atoms with Crippen LogP contribution < -0.4 is 16.0 Å². The van der Waals surface area contributed by atoms with Crippen LogP contribution in [0, 0.1) is 0 Å². The lowest BCUT2D eigenvalue weighted by Crippen LogP contribution is -2.36. The zero-order valence-corrected chi connectivity index (χ0v) is 10.6. The van der Waals surface area contributed by atoms with Crippen LogP contribution in [0.5, 0.6) is 0 Å². The van der Waals surface area contributed by atoms with Crippen molar-refractivity contribution in [3.8, 4) is 0 Å². The van der Waals surface area contributed by atoms with Crippen LogP contribution in [0.3, 0.4) is 0 Å². The molecule has 0 aliphatic heterocycles. The van der Waals surface area contributed by atoms with Gasteiger partial charge in [0.05, 0.1) is 0 Å². The molecule has 0 heterocycles. The summed E-state index contributed by atoms with van der Waals surface area (Å²) >= 11 is 0. The van der Waals surface area contributed by atoms with Gasteiger partial charge in [0.1, 0.15) is 0 Å². The fourth-order valence-corrected chi connectivity index (χ4v) is 0.956. The van der Waals surface area contributed by atoms with E-state index in [-0.39, 0.29) is 16.1 Å². The van der Waals surface area contributed by atoms with Crippen molar-refractivity contribution >= 4 is 11.8 Å². The molecule has 0 unspecified atom stereocenters. The second kappa shape index (κ2) is 8.52. The Bertz CT molecular complexity index is 293. The Morgan fingerprint density at radius 3 is 1.53 bits per heavy atom. The van der Waals surface area contributed by atoms with Crippen molar-refractivity contribution in [2.45, 2.75) is 13.8 Å². The van der Waals surface area contributed by atoms with E-state index in [0.717, 1.165) is 0 Å². The summed E-state index contributed by atoms with van der Waals surface area (Å²) in [6.45, 7) is 12.8. The zero-order valence-electron chi connectivity index (χ0n) is 10.6. The van der Waals surface area contributed by atoms with E-state index in [1.165, 1.54) is 0 Å². The van der Waals surface area contributed by atoms with Crippen molar-refractivity contribution in [3.63, 3.8) is 0 Å². The highest BCUT2D eigenvalue weighted by Crippen LogP contribution is 1.84. The third kappa shape index (κ3) is 8.21. The van der Waals surface area contributed by atoms with E-state index in [2.05, 4.69) is 29.1 Å². The Morgan fingerprint density at radius 2 is 1.24 bits per heavy atom. The molecule has 5 nitrogen and oxygen atoms in total. The average Bonchev–Trinajstić information content (AvgIpc) is 2.26. The summed E-state index contributed by atoms with van der Waals surface area (Å²) in [4.78, 5) is 22.2. The number of rotatable bonds is 8. The summed E-state index contributed by atoms with van der Waals surface area (Å²) in [5.74, 6) is -0.273. The van der Waals surface area contributed by atoms with Crippen LogP contribution in [0.25, 0.3) is 0 Å². The molecule has 0 aromatic heterocycles. The van der Waals surface area contributed by atoms with E-state index >= 15 is 0 Å². The Balaban J connectivity index is -0.000000427. The smallest absolute Gasteiger partial charge is 0.246 e. The molecule has 0 aromatic rings. The van der Waals surface area contributed by atoms with Gasteiger partial charge in [-0.1, -0.05) is 13.2 Å². The second-order valence-corrected chi connectivity index (χ2v) is 3.82. The van der Waals surface area contributed by atoms with Crippen molar-refractivity contribution in [1.82, 2.24) is 16.0 Å². The lowest BCUT2D eigenvalue weighted by atomic mass is 10.3. The van der Waals surface area contributed by atoms with Crippen LogP contribution in [0.15, 0.2) is 24.3 Å². The predicted molar refractivity (Wildman–Crippen MR) is 74.9 cm³/mol. The van der Waals surface area contributed by atoms with Gasteiger partial charge in [-0.25, -0.2) is 0 Å². The highest BCUT2D eigenvalue weighted by molar-refractivity contribution is 5.92. The Hall–Kier alpha value is -1.62. The van der Waals surface area contributed by atoms with E-state index in [4.69, 9.17) is 0 Å². The van der Waals surface area contributed by atoms with Gasteiger partial charge in [0.2, 0.25) is 11.8 Å². The van der Waals surface area contributed by atoms with E-state index in [1.807, 2.05) is 0 Å². The molecule has 0 atom stereocenters. The normalized spacial score (nSPS) is 9.53. The van der Waals surface area contributed by atoms with Crippen LogP contribution in [0.4, 0.5) is 0 Å². The molecule has 0 aliphatic carbocycles. The summed E-state index contributed by atoms with van der Waals surface area (Å²) in [5, 5.41) is 8.48. The van der Waals surface area contributed by atoms with E-state index < -0.39 is 0 Å². The maximum absolute atomic E-state index is 11.1. The first-order chi connectivity index (χ1) is 7.95. The monoisotopic (exact) mass is 245 g/mol. The molecule has 0 fully saturated rings. The average molecular weight is 245 g/mol. The van der Waals surface area contributed by atoms with Gasteiger partial charge >= 0.3 is 0 Å². The lowest BCUT2D eigenvalue weighted by molar-refractivity contribution is -0.118. The Kier molecular flexibility index (Phi) is 7.71. The molecular formula is C12H27N3O2. The molecule has 3 N–H and O–H groups in total. The van der Waals surface area contributed by atoms with Crippen LogP contribution >= 0.6 is 0 Å². The molecule has 0 radical (unpaired) electrons. The van der Waals surface area contributed by atoms with Crippen LogP contribution in [-0.2, 0) is 9.59 Å². The van der Waals surface area contributed by atoms with Crippen molar-refractivity contribution in [2.24, 2.45) is 0 Å². The lowest BCUT2D eigenvalue weighted by Gasteiger charge is -2.07. The molecule has 0 spiro atoms. The van der Waals surface area contributed by atoms with Crippen molar-refractivity contribution in [2.75, 3.05) is 26.2 Å². The van der Waals surface area contributed by atoms with Gasteiger partial charge in [-0.05, 0) is 13.8 Å². The van der Waals surface area contributed by atoms with Gasteiger partial charge in [0, 0.05) is 41.6 Å². The minimum Gasteiger partial charge on any atom is -0.351 e. The van der Waals surface area contributed by atoms with Gasteiger partial charge in [-0.2, -0.15) is 0 Å². The summed E-state index contributed by atoms with van der Waals surface area (Å²) in [6.07, 6.45) is 0. The number of hydrogen-bond acceptors (Lipinski definition) is 3. The van der Waals surface area contributed by atoms with Crippen LogP contribution in [0.2, 0.25) is 0 Å². The highest BCUT2D eigenvalue weighted by atomic mass is 16.2. The van der Waals surface area contributed by atoms with Crippen molar-refractivity contribution < 1.29 is 13.9 Å². The summed E-state index contributed by atoms with van der Waals surface area (Å²) < 4.78 is 0. The molecule has 0 rings (SSSR count). The molecule has 0 aromatic carbocycles. The minimum absolute atomic E-state index is 0. The Labute approximate surface area is 107 Å². The standard InChI is InChI=1S/C12H21N3O2.3H2/c1-9(2)11(16)14-7-5-13-6-8-15-12(17)10(3)4;;;/h13H,1,3,5-8H2,2,4H3,(H,14,16)(H,15,17);3*1H. The maximum Gasteiger partial charge on any atom is 0.246 e. The maximum atomic E-state index is 11.1. The van der Waals surface area contributed by atoms with E-state index in [9.17, 15) is 9.59 Å². The fraction of sp³-hybridized carbons (Fsp3) is 0.500. The second-order valence-electron chi connectivity index (χ2n) is 3.82. The SMILES string of the molecule is C=C(C)C(=O)NCCNCCNC(=O)C(=C)C.[HH].[HH].[HH]. The Morgan fingerprint density at radius 1 is 0.882 bits per heavy atom. The highest BCUT2D eigenvalue weighted by Gasteiger charge is 2.00. The van der Waals surface area contributed by atoms with Gasteiger partial charge in [-0.3, -0.25) is 9.59 Å². The first-order valence-electron chi connectivity index (χ1n) is 5.53. The molecule has 2 amide bonds. The quantitative estimate of drug-likeness (QED) is 0.435. The number of nitrogens with one attached hydrogen (secondary N) is 3. The molecule has 0 saturated carbocycles. The predicted octanol–water partition coefficient (Wildman–Crippen LogP) is 0.699. The molecule has 102 valence electrons. The van der Waals surface area contributed by atoms with Gasteiger partial charge in [0.25, 0.3) is 0 Å². The van der Waals surface area contributed by atoms with Gasteiger partial charge < -0.3 is 16.0 Å². The summed E-state index contributed by atoms with van der Waals surface area (Å²) in [6, 6.07) is 0. The summed E-state index contributed by atoms with van der Waals surface area (Å²) in [5.41, 5.74) is 0.998. The number of hydrogen-bond donors (Lipinski definition) is 3. The molecule has 17 heavy (non-hydrogen) atoms. The molecule has 0 saturated heterocycles. The minimum atomic E-state index is -0.137. The fourth-order valence-electron chi connectivity index (χ4n) is 0.956. The van der Waals surface area contributed by atoms with E-state index in [0.29, 0.717) is 37.3 Å². The number of carbonyl (C=O) groups is 2. The first-order valence-corrected chi connectivity index (χ1v) is 5.53. The molecule has 0 bridgehead atoms. The van der Waals surface area contributed by atoms with Crippen molar-refractivity contribution in [3.05, 3.63) is 24.3 Å². The first kappa shape index (κ1) is 15.4. The third-order valence-electron chi connectivity index (χ3n) is 1.95.